The first kappa shape index (κ1) is 9.79. The summed E-state index contributed by atoms with van der Waals surface area (Å²) in [5, 5.41) is 6.01. The van der Waals surface area contributed by atoms with Crippen LogP contribution in [0.3, 0.4) is 0 Å². The van der Waals surface area contributed by atoms with Crippen molar-refractivity contribution in [1.29, 1.82) is 0 Å². The first-order valence-corrected chi connectivity index (χ1v) is 3.43. The molecule has 9 heavy (non-hydrogen) atoms. The summed E-state index contributed by atoms with van der Waals surface area (Å²) in [5.41, 5.74) is -0.240. The first-order valence-electron chi connectivity index (χ1n) is 2.55. The van der Waals surface area contributed by atoms with Crippen molar-refractivity contribution in [3.05, 3.63) is 0 Å². The van der Waals surface area contributed by atoms with Crippen LogP contribution in [0.4, 0.5) is 0 Å². The highest BCUT2D eigenvalue weighted by Gasteiger charge is 2.18. The Morgan fingerprint density at radius 1 is 1.00 bits per heavy atom. The van der Waals surface area contributed by atoms with E-state index >= 15 is 0 Å². The largest absolute Gasteiger partial charge is 0.298 e. The molecule has 56 valence electrons. The zero-order chi connectivity index (χ0) is 5.98. The van der Waals surface area contributed by atoms with Gasteiger partial charge in [0, 0.05) is 13.1 Å². The number of alkyl halides is 2. The third-order valence-electron chi connectivity index (χ3n) is 1.06. The highest BCUT2D eigenvalue weighted by Crippen LogP contribution is 2.05. The Kier molecular flexibility index (Phi) is 4.98. The van der Waals surface area contributed by atoms with Gasteiger partial charge in [-0.1, -0.05) is 0 Å². The van der Waals surface area contributed by atoms with Crippen molar-refractivity contribution >= 4 is 35.6 Å². The number of hydrogen-bond donors (Lipinski definition) is 2. The summed E-state index contributed by atoms with van der Waals surface area (Å²) in [7, 11) is 0. The van der Waals surface area contributed by atoms with Gasteiger partial charge >= 0.3 is 0 Å². The van der Waals surface area contributed by atoms with Gasteiger partial charge in [-0.3, -0.25) is 10.6 Å². The van der Waals surface area contributed by atoms with Crippen LogP contribution >= 0.6 is 35.6 Å². The minimum atomic E-state index is -0.120. The van der Waals surface area contributed by atoms with Crippen molar-refractivity contribution in [2.45, 2.75) is 11.0 Å². The molecule has 1 fully saturated rings. The van der Waals surface area contributed by atoms with E-state index in [-0.39, 0.29) is 23.4 Å². The Hall–Kier alpha value is 0.790. The van der Waals surface area contributed by atoms with Crippen LogP contribution in [-0.4, -0.2) is 24.1 Å². The molecule has 0 saturated carbocycles. The first-order chi connectivity index (χ1) is 3.80. The van der Waals surface area contributed by atoms with Gasteiger partial charge in [-0.15, -0.1) is 35.6 Å². The molecule has 0 bridgehead atoms. The van der Waals surface area contributed by atoms with Gasteiger partial charge in [0.1, 0.15) is 11.0 Å². The van der Waals surface area contributed by atoms with E-state index in [2.05, 4.69) is 10.6 Å². The molecule has 0 amide bonds. The molecule has 1 rings (SSSR count). The van der Waals surface area contributed by atoms with Crippen LogP contribution in [0.5, 0.6) is 0 Å². The van der Waals surface area contributed by atoms with Gasteiger partial charge in [-0.05, 0) is 0 Å². The minimum Gasteiger partial charge on any atom is -0.298 e. The predicted molar refractivity (Wildman–Crippen MR) is 42.5 cm³/mol. The molecule has 0 radical (unpaired) electrons. The molecule has 2 unspecified atom stereocenters. The van der Waals surface area contributed by atoms with Crippen LogP contribution in [0, 0.1) is 0 Å². The fraction of sp³-hybridized carbons (Fsp3) is 1.00. The smallest absolute Gasteiger partial charge is 0.112 e. The van der Waals surface area contributed by atoms with Gasteiger partial charge in [0.2, 0.25) is 0 Å². The topological polar surface area (TPSA) is 24.1 Å². The summed E-state index contributed by atoms with van der Waals surface area (Å²) in [4.78, 5) is 0. The van der Waals surface area contributed by atoms with Crippen molar-refractivity contribution in [2.75, 3.05) is 13.1 Å². The molecule has 5 heteroatoms. The second-order valence-corrected chi connectivity index (χ2v) is 2.65. The van der Waals surface area contributed by atoms with E-state index in [4.69, 9.17) is 23.2 Å². The lowest BCUT2D eigenvalue weighted by molar-refractivity contribution is 0.468. The number of halogens is 3. The fourth-order valence-electron chi connectivity index (χ4n) is 0.627. The summed E-state index contributed by atoms with van der Waals surface area (Å²) >= 11 is 11.3. The predicted octanol–water partition coefficient (Wildman–Crippen LogP) is 0.731. The van der Waals surface area contributed by atoms with Gasteiger partial charge in [-0.25, -0.2) is 0 Å². The number of rotatable bonds is 0. The summed E-state index contributed by atoms with van der Waals surface area (Å²) in [5.74, 6) is 0. The van der Waals surface area contributed by atoms with Crippen molar-refractivity contribution in [2.24, 2.45) is 0 Å². The third-order valence-corrected chi connectivity index (χ3v) is 2.00. The highest BCUT2D eigenvalue weighted by atomic mass is 35.5. The molecule has 1 heterocycles. The van der Waals surface area contributed by atoms with Crippen LogP contribution in [-0.2, 0) is 0 Å². The zero-order valence-corrected chi connectivity index (χ0v) is 7.06. The zero-order valence-electron chi connectivity index (χ0n) is 4.73. The number of hydrogen-bond acceptors (Lipinski definition) is 2. The average molecular weight is 191 g/mol. The van der Waals surface area contributed by atoms with E-state index in [1.165, 1.54) is 0 Å². The summed E-state index contributed by atoms with van der Waals surface area (Å²) in [6.07, 6.45) is 0. The molecule has 2 atom stereocenters. The monoisotopic (exact) mass is 190 g/mol. The maximum atomic E-state index is 5.66. The average Bonchev–Trinajstić information content (AvgIpc) is 1.77. The summed E-state index contributed by atoms with van der Waals surface area (Å²) < 4.78 is 0. The van der Waals surface area contributed by atoms with Crippen molar-refractivity contribution in [3.63, 3.8) is 0 Å². The summed E-state index contributed by atoms with van der Waals surface area (Å²) in [6, 6.07) is 0. The Bertz CT molecular complexity index is 70.2. The van der Waals surface area contributed by atoms with Gasteiger partial charge < -0.3 is 0 Å². The van der Waals surface area contributed by atoms with E-state index in [0.29, 0.717) is 0 Å². The normalized spacial score (nSPS) is 35.3. The lowest BCUT2D eigenvalue weighted by Gasteiger charge is -2.24. The van der Waals surface area contributed by atoms with E-state index in [9.17, 15) is 0 Å². The van der Waals surface area contributed by atoms with E-state index in [1.54, 1.807) is 0 Å². The molecule has 1 aliphatic heterocycles. The van der Waals surface area contributed by atoms with Crippen LogP contribution in [0.1, 0.15) is 0 Å². The van der Waals surface area contributed by atoms with Crippen LogP contribution in [0.25, 0.3) is 0 Å². The molecule has 0 aromatic carbocycles. The molecule has 0 aliphatic carbocycles. The van der Waals surface area contributed by atoms with E-state index < -0.39 is 0 Å². The maximum absolute atomic E-state index is 5.66. The molecule has 2 N–H and O–H groups in total. The van der Waals surface area contributed by atoms with E-state index in [0.717, 1.165) is 13.1 Å². The molecule has 1 saturated heterocycles. The second-order valence-electron chi connectivity index (χ2n) is 1.71. The van der Waals surface area contributed by atoms with Gasteiger partial charge in [0.05, 0.1) is 0 Å². The van der Waals surface area contributed by atoms with Crippen LogP contribution in [0.2, 0.25) is 0 Å². The van der Waals surface area contributed by atoms with Gasteiger partial charge in [0.25, 0.3) is 0 Å². The Morgan fingerprint density at radius 2 is 1.33 bits per heavy atom. The van der Waals surface area contributed by atoms with E-state index in [1.807, 2.05) is 0 Å². The maximum Gasteiger partial charge on any atom is 0.112 e. The highest BCUT2D eigenvalue weighted by molar-refractivity contribution is 6.29. The SMILES string of the molecule is Cl.ClC1NCCNC1Cl. The second kappa shape index (κ2) is 4.58. The van der Waals surface area contributed by atoms with Gasteiger partial charge in [-0.2, -0.15) is 0 Å². The fourth-order valence-corrected chi connectivity index (χ4v) is 1.02. The minimum absolute atomic E-state index is 0. The Balaban J connectivity index is 0.000000640. The van der Waals surface area contributed by atoms with Crippen LogP contribution in [0.15, 0.2) is 0 Å². The molecule has 2 nitrogen and oxygen atoms in total. The lowest BCUT2D eigenvalue weighted by atomic mass is 10.4. The Morgan fingerprint density at radius 3 is 1.56 bits per heavy atom. The third kappa shape index (κ3) is 2.92. The molecular formula is C4H9Cl3N2. The molecule has 0 aromatic heterocycles. The van der Waals surface area contributed by atoms with Crippen LogP contribution < -0.4 is 10.6 Å². The van der Waals surface area contributed by atoms with Gasteiger partial charge in [0.15, 0.2) is 0 Å². The number of piperazine rings is 1. The molecule has 0 aromatic rings. The van der Waals surface area contributed by atoms with Crippen molar-refractivity contribution in [1.82, 2.24) is 10.6 Å². The molecule has 0 spiro atoms. The van der Waals surface area contributed by atoms with Crippen molar-refractivity contribution in [3.8, 4) is 0 Å². The standard InChI is InChI=1S/C4H8Cl2N2.ClH/c5-3-4(6)8-2-1-7-3;/h3-4,7-8H,1-2H2;1H. The Labute approximate surface area is 70.7 Å². The van der Waals surface area contributed by atoms with Crippen molar-refractivity contribution < 1.29 is 0 Å². The summed E-state index contributed by atoms with van der Waals surface area (Å²) in [6.45, 7) is 1.80. The molecular weight excluding hydrogens is 182 g/mol. The number of nitrogens with one attached hydrogen (secondary N) is 2. The lowest BCUT2D eigenvalue weighted by Crippen LogP contribution is -2.50. The quantitative estimate of drug-likeness (QED) is 0.436. The molecule has 1 aliphatic rings.